The van der Waals surface area contributed by atoms with E-state index in [1.165, 1.54) is 4.90 Å². The fourth-order valence-corrected chi connectivity index (χ4v) is 2.28. The van der Waals surface area contributed by atoms with Gasteiger partial charge in [0, 0.05) is 28.1 Å². The van der Waals surface area contributed by atoms with Gasteiger partial charge in [-0.3, -0.25) is 4.79 Å². The number of aliphatic hydroxyl groups is 2. The smallest absolute Gasteiger partial charge is 0.254 e. The minimum Gasteiger partial charge on any atom is -0.395 e. The molecule has 0 atom stereocenters. The topological polar surface area (TPSA) is 60.8 Å². The molecule has 17 heavy (non-hydrogen) atoms. The first kappa shape index (κ1) is 14.4. The van der Waals surface area contributed by atoms with Gasteiger partial charge in [0.15, 0.2) is 0 Å². The normalized spacial score (nSPS) is 10.4. The zero-order valence-corrected chi connectivity index (χ0v) is 11.4. The fraction of sp³-hybridized carbons (Fsp3) is 0.364. The summed E-state index contributed by atoms with van der Waals surface area (Å²) in [6.45, 7) is 0.0774. The van der Waals surface area contributed by atoms with Crippen LogP contribution in [0.15, 0.2) is 22.7 Å². The summed E-state index contributed by atoms with van der Waals surface area (Å²) in [7, 11) is 0. The van der Waals surface area contributed by atoms with E-state index in [0.29, 0.717) is 15.1 Å². The zero-order valence-electron chi connectivity index (χ0n) is 9.07. The number of carbonyl (C=O) groups is 1. The van der Waals surface area contributed by atoms with Crippen LogP contribution < -0.4 is 0 Å². The Hall–Kier alpha value is -0.620. The van der Waals surface area contributed by atoms with E-state index < -0.39 is 0 Å². The molecule has 0 radical (unpaired) electrons. The molecule has 0 aromatic heterocycles. The van der Waals surface area contributed by atoms with Crippen LogP contribution in [0, 0.1) is 0 Å². The highest BCUT2D eigenvalue weighted by Gasteiger charge is 2.15. The maximum atomic E-state index is 12.1. The van der Waals surface area contributed by atoms with E-state index in [0.717, 1.165) is 0 Å². The van der Waals surface area contributed by atoms with Gasteiger partial charge in [-0.25, -0.2) is 0 Å². The summed E-state index contributed by atoms with van der Waals surface area (Å²) >= 11 is 9.11. The molecular formula is C11H13BrClNO3. The first-order chi connectivity index (χ1) is 8.08. The van der Waals surface area contributed by atoms with E-state index in [-0.39, 0.29) is 32.2 Å². The average Bonchev–Trinajstić information content (AvgIpc) is 2.26. The van der Waals surface area contributed by atoms with E-state index in [2.05, 4.69) is 15.9 Å². The van der Waals surface area contributed by atoms with Crippen LogP contribution in [0.4, 0.5) is 0 Å². The second-order valence-electron chi connectivity index (χ2n) is 3.40. The third kappa shape index (κ3) is 4.27. The Morgan fingerprint density at radius 2 is 1.82 bits per heavy atom. The molecule has 0 aliphatic carbocycles. The molecule has 0 bridgehead atoms. The van der Waals surface area contributed by atoms with Crippen LogP contribution in [0.25, 0.3) is 0 Å². The Balaban J connectivity index is 2.92. The van der Waals surface area contributed by atoms with Crippen molar-refractivity contribution >= 4 is 33.4 Å². The van der Waals surface area contributed by atoms with E-state index in [1.807, 2.05) is 0 Å². The Morgan fingerprint density at radius 3 is 2.29 bits per heavy atom. The molecule has 1 amide bonds. The lowest BCUT2D eigenvalue weighted by Gasteiger charge is -2.20. The van der Waals surface area contributed by atoms with Crippen molar-refractivity contribution in [1.29, 1.82) is 0 Å². The average molecular weight is 323 g/mol. The van der Waals surface area contributed by atoms with Gasteiger partial charge < -0.3 is 15.1 Å². The van der Waals surface area contributed by atoms with Crippen LogP contribution >= 0.6 is 27.5 Å². The van der Waals surface area contributed by atoms with Crippen molar-refractivity contribution in [3.63, 3.8) is 0 Å². The molecule has 6 heteroatoms. The predicted molar refractivity (Wildman–Crippen MR) is 69.2 cm³/mol. The van der Waals surface area contributed by atoms with E-state index in [1.54, 1.807) is 18.2 Å². The Labute approximate surface area is 113 Å². The number of carbonyl (C=O) groups excluding carboxylic acids is 1. The number of benzene rings is 1. The van der Waals surface area contributed by atoms with Crippen LogP contribution in [-0.4, -0.2) is 47.3 Å². The second-order valence-corrected chi connectivity index (χ2v) is 4.75. The van der Waals surface area contributed by atoms with Crippen molar-refractivity contribution in [3.05, 3.63) is 33.3 Å². The summed E-state index contributed by atoms with van der Waals surface area (Å²) in [6.07, 6.45) is 0. The Bertz CT molecular complexity index is 374. The summed E-state index contributed by atoms with van der Waals surface area (Å²) in [4.78, 5) is 13.4. The van der Waals surface area contributed by atoms with Crippen molar-refractivity contribution in [1.82, 2.24) is 4.90 Å². The van der Waals surface area contributed by atoms with Gasteiger partial charge in [0.25, 0.3) is 5.91 Å². The minimum atomic E-state index is -0.267. The van der Waals surface area contributed by atoms with Crippen LogP contribution in [-0.2, 0) is 0 Å². The molecule has 0 unspecified atom stereocenters. The maximum absolute atomic E-state index is 12.1. The SMILES string of the molecule is O=C(c1cc(Cl)cc(Br)c1)N(CCO)CCO. The summed E-state index contributed by atoms with van der Waals surface area (Å²) in [5.74, 6) is -0.267. The molecule has 0 saturated carbocycles. The fourth-order valence-electron chi connectivity index (χ4n) is 1.42. The summed E-state index contributed by atoms with van der Waals surface area (Å²) in [5.41, 5.74) is 0.422. The lowest BCUT2D eigenvalue weighted by molar-refractivity contribution is 0.0685. The molecular weight excluding hydrogens is 309 g/mol. The molecule has 0 heterocycles. The highest BCUT2D eigenvalue weighted by atomic mass is 79.9. The van der Waals surface area contributed by atoms with Gasteiger partial charge >= 0.3 is 0 Å². The number of hydrogen-bond donors (Lipinski definition) is 2. The standard InChI is InChI=1S/C11H13BrClNO3/c12-9-5-8(6-10(13)7-9)11(17)14(1-3-15)2-4-16/h5-7,15-16H,1-4H2. The number of aliphatic hydroxyl groups excluding tert-OH is 2. The van der Waals surface area contributed by atoms with Crippen molar-refractivity contribution in [2.24, 2.45) is 0 Å². The number of halogens is 2. The monoisotopic (exact) mass is 321 g/mol. The summed E-state index contributed by atoms with van der Waals surface area (Å²) in [5, 5.41) is 18.2. The maximum Gasteiger partial charge on any atom is 0.254 e. The van der Waals surface area contributed by atoms with Gasteiger partial charge in [0.2, 0.25) is 0 Å². The van der Waals surface area contributed by atoms with Crippen molar-refractivity contribution < 1.29 is 15.0 Å². The first-order valence-corrected chi connectivity index (χ1v) is 6.22. The zero-order chi connectivity index (χ0) is 12.8. The molecule has 0 aliphatic rings. The molecule has 1 rings (SSSR count). The van der Waals surface area contributed by atoms with E-state index in [9.17, 15) is 4.79 Å². The summed E-state index contributed by atoms with van der Waals surface area (Å²) in [6, 6.07) is 4.88. The predicted octanol–water partition coefficient (Wildman–Crippen LogP) is 1.53. The number of amides is 1. The third-order valence-electron chi connectivity index (χ3n) is 2.14. The van der Waals surface area contributed by atoms with Crippen LogP contribution in [0.1, 0.15) is 10.4 Å². The van der Waals surface area contributed by atoms with Gasteiger partial charge in [-0.2, -0.15) is 0 Å². The molecule has 1 aromatic carbocycles. The van der Waals surface area contributed by atoms with Gasteiger partial charge in [0.1, 0.15) is 0 Å². The van der Waals surface area contributed by atoms with E-state index >= 15 is 0 Å². The molecule has 94 valence electrons. The second kappa shape index (κ2) is 6.96. The molecule has 0 aliphatic heterocycles. The number of hydrogen-bond acceptors (Lipinski definition) is 3. The van der Waals surface area contributed by atoms with Gasteiger partial charge in [-0.1, -0.05) is 27.5 Å². The quantitative estimate of drug-likeness (QED) is 0.864. The van der Waals surface area contributed by atoms with Crippen LogP contribution in [0.5, 0.6) is 0 Å². The molecule has 0 saturated heterocycles. The molecule has 0 spiro atoms. The lowest BCUT2D eigenvalue weighted by atomic mass is 10.2. The first-order valence-electron chi connectivity index (χ1n) is 5.05. The van der Waals surface area contributed by atoms with Crippen molar-refractivity contribution in [2.45, 2.75) is 0 Å². The highest BCUT2D eigenvalue weighted by Crippen LogP contribution is 2.20. The highest BCUT2D eigenvalue weighted by molar-refractivity contribution is 9.10. The Morgan fingerprint density at radius 1 is 1.24 bits per heavy atom. The van der Waals surface area contributed by atoms with Crippen LogP contribution in [0.2, 0.25) is 5.02 Å². The molecule has 4 nitrogen and oxygen atoms in total. The van der Waals surface area contributed by atoms with Crippen molar-refractivity contribution in [2.75, 3.05) is 26.3 Å². The van der Waals surface area contributed by atoms with Gasteiger partial charge in [-0.15, -0.1) is 0 Å². The lowest BCUT2D eigenvalue weighted by Crippen LogP contribution is -2.35. The van der Waals surface area contributed by atoms with Gasteiger partial charge in [-0.05, 0) is 18.2 Å². The molecule has 2 N–H and O–H groups in total. The minimum absolute atomic E-state index is 0.145. The Kier molecular flexibility index (Phi) is 5.91. The third-order valence-corrected chi connectivity index (χ3v) is 2.81. The number of rotatable bonds is 5. The molecule has 0 fully saturated rings. The molecule has 1 aromatic rings. The van der Waals surface area contributed by atoms with Crippen LogP contribution in [0.3, 0.4) is 0 Å². The summed E-state index contributed by atoms with van der Waals surface area (Å²) < 4.78 is 0.710. The van der Waals surface area contributed by atoms with Crippen molar-refractivity contribution in [3.8, 4) is 0 Å². The number of nitrogens with zero attached hydrogens (tertiary/aromatic N) is 1. The van der Waals surface area contributed by atoms with Gasteiger partial charge in [0.05, 0.1) is 13.2 Å². The largest absolute Gasteiger partial charge is 0.395 e. The van der Waals surface area contributed by atoms with E-state index in [4.69, 9.17) is 21.8 Å².